The van der Waals surface area contributed by atoms with Gasteiger partial charge >= 0.3 is 0 Å². The fourth-order valence-corrected chi connectivity index (χ4v) is 2.51. The van der Waals surface area contributed by atoms with Crippen molar-refractivity contribution in [3.05, 3.63) is 47.8 Å². The molecule has 0 saturated carbocycles. The van der Waals surface area contributed by atoms with Gasteiger partial charge in [-0.15, -0.1) is 0 Å². The fourth-order valence-electron chi connectivity index (χ4n) is 2.51. The first-order chi connectivity index (χ1) is 8.88. The van der Waals surface area contributed by atoms with E-state index >= 15 is 0 Å². The summed E-state index contributed by atoms with van der Waals surface area (Å²) in [5, 5.41) is 4.35. The van der Waals surface area contributed by atoms with Gasteiger partial charge in [0.1, 0.15) is 5.75 Å². The molecule has 0 bridgehead atoms. The summed E-state index contributed by atoms with van der Waals surface area (Å²) in [6.45, 7) is 2.19. The van der Waals surface area contributed by atoms with Crippen LogP contribution in [0.2, 0.25) is 0 Å². The number of benzene rings is 1. The number of para-hydroxylation sites is 1. The molecule has 1 aromatic heterocycles. The van der Waals surface area contributed by atoms with Crippen molar-refractivity contribution in [2.75, 3.05) is 6.61 Å². The summed E-state index contributed by atoms with van der Waals surface area (Å²) in [6, 6.07) is 10.2. The van der Waals surface area contributed by atoms with Crippen molar-refractivity contribution in [2.45, 2.75) is 25.4 Å². The largest absolute Gasteiger partial charge is 0.493 e. The van der Waals surface area contributed by atoms with Crippen molar-refractivity contribution < 1.29 is 4.74 Å². The summed E-state index contributed by atoms with van der Waals surface area (Å²) >= 11 is 0. The van der Waals surface area contributed by atoms with Gasteiger partial charge in [0, 0.05) is 25.2 Å². The summed E-state index contributed by atoms with van der Waals surface area (Å²) in [5.74, 6) is 1.47. The quantitative estimate of drug-likeness (QED) is 0.896. The van der Waals surface area contributed by atoms with E-state index in [-0.39, 0.29) is 0 Å². The van der Waals surface area contributed by atoms with Gasteiger partial charge in [0.05, 0.1) is 12.3 Å². The predicted molar refractivity (Wildman–Crippen MR) is 69.4 cm³/mol. The normalized spacial score (nSPS) is 18.2. The van der Waals surface area contributed by atoms with Crippen LogP contribution in [0.1, 0.15) is 23.6 Å². The molecule has 1 aromatic carbocycles. The Balaban J connectivity index is 1.86. The molecule has 1 atom stereocenters. The van der Waals surface area contributed by atoms with Crippen LogP contribution in [0.5, 0.6) is 5.75 Å². The van der Waals surface area contributed by atoms with Gasteiger partial charge in [-0.1, -0.05) is 18.2 Å². The standard InChI is InChI=1S/C14H17N3O/c15-9-12-5-7-16-17(12)10-11-6-8-18-14-4-2-1-3-13(11)14/h1-5,7,11H,6,8-10,15H2. The van der Waals surface area contributed by atoms with Crippen LogP contribution in [0.4, 0.5) is 0 Å². The highest BCUT2D eigenvalue weighted by atomic mass is 16.5. The third kappa shape index (κ3) is 1.99. The molecule has 18 heavy (non-hydrogen) atoms. The molecule has 3 rings (SSSR count). The van der Waals surface area contributed by atoms with E-state index in [9.17, 15) is 0 Å². The molecule has 94 valence electrons. The topological polar surface area (TPSA) is 53.1 Å². The van der Waals surface area contributed by atoms with Gasteiger partial charge in [0.2, 0.25) is 0 Å². The highest BCUT2D eigenvalue weighted by Crippen LogP contribution is 2.34. The van der Waals surface area contributed by atoms with E-state index < -0.39 is 0 Å². The first-order valence-electron chi connectivity index (χ1n) is 6.31. The number of fused-ring (bicyclic) bond motifs is 1. The Morgan fingerprint density at radius 1 is 1.33 bits per heavy atom. The number of nitrogens with two attached hydrogens (primary N) is 1. The van der Waals surface area contributed by atoms with Crippen LogP contribution in [-0.2, 0) is 13.1 Å². The zero-order valence-electron chi connectivity index (χ0n) is 10.2. The summed E-state index contributed by atoms with van der Waals surface area (Å²) in [4.78, 5) is 0. The molecule has 2 aromatic rings. The number of nitrogens with zero attached hydrogens (tertiary/aromatic N) is 2. The lowest BCUT2D eigenvalue weighted by molar-refractivity contribution is 0.255. The third-order valence-corrected chi connectivity index (χ3v) is 3.49. The maximum Gasteiger partial charge on any atom is 0.122 e. The van der Waals surface area contributed by atoms with Gasteiger partial charge < -0.3 is 10.5 Å². The van der Waals surface area contributed by atoms with Crippen molar-refractivity contribution in [3.63, 3.8) is 0 Å². The van der Waals surface area contributed by atoms with E-state index in [1.54, 1.807) is 0 Å². The lowest BCUT2D eigenvalue weighted by Crippen LogP contribution is -2.20. The van der Waals surface area contributed by atoms with E-state index in [4.69, 9.17) is 10.5 Å². The zero-order valence-corrected chi connectivity index (χ0v) is 10.2. The van der Waals surface area contributed by atoms with Crippen LogP contribution >= 0.6 is 0 Å². The van der Waals surface area contributed by atoms with Crippen molar-refractivity contribution in [3.8, 4) is 5.75 Å². The van der Waals surface area contributed by atoms with Crippen molar-refractivity contribution in [1.82, 2.24) is 9.78 Å². The second-order valence-electron chi connectivity index (χ2n) is 4.58. The van der Waals surface area contributed by atoms with Crippen LogP contribution in [0.15, 0.2) is 36.5 Å². The summed E-state index contributed by atoms with van der Waals surface area (Å²) in [7, 11) is 0. The zero-order chi connectivity index (χ0) is 12.4. The third-order valence-electron chi connectivity index (χ3n) is 3.49. The van der Waals surface area contributed by atoms with Crippen LogP contribution in [0.3, 0.4) is 0 Å². The SMILES string of the molecule is NCc1ccnn1CC1CCOc2ccccc21. The Labute approximate surface area is 106 Å². The van der Waals surface area contributed by atoms with Gasteiger partial charge in [0.25, 0.3) is 0 Å². The molecule has 0 saturated heterocycles. The molecule has 0 amide bonds. The highest BCUT2D eigenvalue weighted by Gasteiger charge is 2.22. The summed E-state index contributed by atoms with van der Waals surface area (Å²) in [5.41, 5.74) is 8.07. The Kier molecular flexibility index (Phi) is 3.02. The van der Waals surface area contributed by atoms with Crippen LogP contribution in [0.25, 0.3) is 0 Å². The molecule has 1 aliphatic rings. The highest BCUT2D eigenvalue weighted by molar-refractivity contribution is 5.37. The van der Waals surface area contributed by atoms with Crippen LogP contribution in [0, 0.1) is 0 Å². The molecule has 1 unspecified atom stereocenters. The predicted octanol–water partition coefficient (Wildman–Crippen LogP) is 1.91. The van der Waals surface area contributed by atoms with Gasteiger partial charge in [-0.3, -0.25) is 4.68 Å². The second kappa shape index (κ2) is 4.82. The van der Waals surface area contributed by atoms with Crippen molar-refractivity contribution in [2.24, 2.45) is 5.73 Å². The minimum Gasteiger partial charge on any atom is -0.493 e. The molecule has 2 N–H and O–H groups in total. The minimum absolute atomic E-state index is 0.458. The minimum atomic E-state index is 0.458. The lowest BCUT2D eigenvalue weighted by atomic mass is 9.93. The van der Waals surface area contributed by atoms with E-state index in [0.717, 1.165) is 31.0 Å². The van der Waals surface area contributed by atoms with Gasteiger partial charge in [-0.2, -0.15) is 5.10 Å². The van der Waals surface area contributed by atoms with E-state index in [1.165, 1.54) is 5.56 Å². The molecule has 2 heterocycles. The lowest BCUT2D eigenvalue weighted by Gasteiger charge is -2.26. The number of aromatic nitrogens is 2. The monoisotopic (exact) mass is 243 g/mol. The average molecular weight is 243 g/mol. The first-order valence-corrected chi connectivity index (χ1v) is 6.31. The molecule has 0 aliphatic carbocycles. The first kappa shape index (κ1) is 11.3. The molecular formula is C14H17N3O. The number of ether oxygens (including phenoxy) is 1. The van der Waals surface area contributed by atoms with Gasteiger partial charge in [0.15, 0.2) is 0 Å². The van der Waals surface area contributed by atoms with Crippen molar-refractivity contribution >= 4 is 0 Å². The van der Waals surface area contributed by atoms with Crippen molar-refractivity contribution in [1.29, 1.82) is 0 Å². The number of rotatable bonds is 3. The number of hydrogen-bond acceptors (Lipinski definition) is 3. The Hall–Kier alpha value is -1.81. The molecule has 0 radical (unpaired) electrons. The van der Waals surface area contributed by atoms with Gasteiger partial charge in [-0.25, -0.2) is 0 Å². The van der Waals surface area contributed by atoms with E-state index in [2.05, 4.69) is 17.2 Å². The molecule has 4 heteroatoms. The molecule has 0 spiro atoms. The summed E-state index contributed by atoms with van der Waals surface area (Å²) < 4.78 is 7.68. The van der Waals surface area contributed by atoms with Crippen LogP contribution < -0.4 is 10.5 Å². The Morgan fingerprint density at radius 2 is 2.22 bits per heavy atom. The fraction of sp³-hybridized carbons (Fsp3) is 0.357. The molecule has 4 nitrogen and oxygen atoms in total. The average Bonchev–Trinajstić information content (AvgIpc) is 2.86. The second-order valence-corrected chi connectivity index (χ2v) is 4.58. The molecule has 0 fully saturated rings. The summed E-state index contributed by atoms with van der Waals surface area (Å²) in [6.07, 6.45) is 2.84. The number of hydrogen-bond donors (Lipinski definition) is 1. The van der Waals surface area contributed by atoms with E-state index in [1.807, 2.05) is 29.1 Å². The maximum absolute atomic E-state index is 5.71. The molecular weight excluding hydrogens is 226 g/mol. The van der Waals surface area contributed by atoms with Crippen LogP contribution in [-0.4, -0.2) is 16.4 Å². The Morgan fingerprint density at radius 3 is 3.11 bits per heavy atom. The van der Waals surface area contributed by atoms with E-state index in [0.29, 0.717) is 12.5 Å². The Bertz CT molecular complexity index is 535. The maximum atomic E-state index is 5.71. The smallest absolute Gasteiger partial charge is 0.122 e. The van der Waals surface area contributed by atoms with Gasteiger partial charge in [-0.05, 0) is 24.1 Å². The molecule has 1 aliphatic heterocycles.